The van der Waals surface area contributed by atoms with Gasteiger partial charge in [0.2, 0.25) is 5.91 Å². The highest BCUT2D eigenvalue weighted by molar-refractivity contribution is 6.30. The number of rotatable bonds is 6. The maximum atomic E-state index is 12.5. The van der Waals surface area contributed by atoms with Gasteiger partial charge in [-0.3, -0.25) is 19.7 Å². The van der Waals surface area contributed by atoms with Crippen molar-refractivity contribution in [3.8, 4) is 0 Å². The zero-order valence-electron chi connectivity index (χ0n) is 13.6. The molecular formula is C18H15ClN2O5. The highest BCUT2D eigenvalue weighted by Gasteiger charge is 2.52. The van der Waals surface area contributed by atoms with Crippen LogP contribution in [-0.2, 0) is 21.6 Å². The van der Waals surface area contributed by atoms with Crippen LogP contribution < -0.4 is 5.73 Å². The highest BCUT2D eigenvalue weighted by Crippen LogP contribution is 2.49. The van der Waals surface area contributed by atoms with E-state index in [9.17, 15) is 19.7 Å². The number of carbonyl (C=O) groups is 2. The molecule has 1 amide bonds. The van der Waals surface area contributed by atoms with Gasteiger partial charge in [0.15, 0.2) is 0 Å². The predicted molar refractivity (Wildman–Crippen MR) is 93.8 cm³/mol. The van der Waals surface area contributed by atoms with Crippen LogP contribution in [0.1, 0.15) is 34.3 Å². The van der Waals surface area contributed by atoms with E-state index in [0.29, 0.717) is 17.9 Å². The molecule has 0 radical (unpaired) electrons. The molecule has 0 unspecified atom stereocenters. The molecule has 0 heterocycles. The van der Waals surface area contributed by atoms with E-state index in [1.807, 2.05) is 0 Å². The van der Waals surface area contributed by atoms with Crippen LogP contribution in [0.3, 0.4) is 0 Å². The Labute approximate surface area is 153 Å². The van der Waals surface area contributed by atoms with E-state index in [4.69, 9.17) is 22.1 Å². The third kappa shape index (κ3) is 3.39. The SMILES string of the molecule is NC(=O)c1ccc(COC(=O)C2(c3ccc(Cl)cc3)CC2)c([N+](=O)[O-])c1. The molecule has 134 valence electrons. The molecule has 0 saturated heterocycles. The Balaban J connectivity index is 1.76. The van der Waals surface area contributed by atoms with E-state index in [1.54, 1.807) is 24.3 Å². The van der Waals surface area contributed by atoms with Crippen molar-refractivity contribution in [2.45, 2.75) is 24.9 Å². The number of nitrogens with zero attached hydrogens (tertiary/aromatic N) is 1. The average Bonchev–Trinajstić information content (AvgIpc) is 3.41. The summed E-state index contributed by atoms with van der Waals surface area (Å²) in [4.78, 5) is 34.3. The number of halogens is 1. The first-order chi connectivity index (χ1) is 12.3. The molecule has 0 aliphatic heterocycles. The second-order valence-electron chi connectivity index (χ2n) is 6.13. The topological polar surface area (TPSA) is 113 Å². The van der Waals surface area contributed by atoms with Crippen LogP contribution in [0.2, 0.25) is 5.02 Å². The van der Waals surface area contributed by atoms with Gasteiger partial charge in [-0.15, -0.1) is 0 Å². The highest BCUT2D eigenvalue weighted by atomic mass is 35.5. The molecule has 1 aliphatic rings. The first-order valence-electron chi connectivity index (χ1n) is 7.84. The quantitative estimate of drug-likeness (QED) is 0.474. The number of carbonyl (C=O) groups excluding carboxylic acids is 2. The lowest BCUT2D eigenvalue weighted by atomic mass is 9.96. The van der Waals surface area contributed by atoms with Crippen molar-refractivity contribution in [2.75, 3.05) is 0 Å². The smallest absolute Gasteiger partial charge is 0.316 e. The number of ether oxygens (including phenoxy) is 1. The minimum absolute atomic E-state index is 0.0200. The molecule has 0 aromatic heterocycles. The standard InChI is InChI=1S/C18H15ClN2O5/c19-14-5-3-13(4-6-14)18(7-8-18)17(23)26-10-12-2-1-11(16(20)22)9-15(12)21(24)25/h1-6,9H,7-8,10H2,(H2,20,22). The maximum absolute atomic E-state index is 12.5. The Kier molecular flexibility index (Phi) is 4.65. The van der Waals surface area contributed by atoms with E-state index >= 15 is 0 Å². The van der Waals surface area contributed by atoms with Gasteiger partial charge in [-0.05, 0) is 42.7 Å². The van der Waals surface area contributed by atoms with Gasteiger partial charge >= 0.3 is 5.97 Å². The Morgan fingerprint density at radius 3 is 2.38 bits per heavy atom. The van der Waals surface area contributed by atoms with Crippen LogP contribution in [0.25, 0.3) is 0 Å². The van der Waals surface area contributed by atoms with Crippen LogP contribution in [0.4, 0.5) is 5.69 Å². The van der Waals surface area contributed by atoms with Crippen LogP contribution in [0.5, 0.6) is 0 Å². The lowest BCUT2D eigenvalue weighted by Gasteiger charge is -2.15. The normalized spacial score (nSPS) is 14.5. The first kappa shape index (κ1) is 17.9. The number of hydrogen-bond acceptors (Lipinski definition) is 5. The predicted octanol–water partition coefficient (Wildman–Crippen LogP) is 3.12. The van der Waals surface area contributed by atoms with Crippen molar-refractivity contribution < 1.29 is 19.2 Å². The summed E-state index contributed by atoms with van der Waals surface area (Å²) in [6, 6.07) is 10.8. The van der Waals surface area contributed by atoms with Gasteiger partial charge in [-0.25, -0.2) is 0 Å². The monoisotopic (exact) mass is 374 g/mol. The van der Waals surface area contributed by atoms with Crippen LogP contribution in [0.15, 0.2) is 42.5 Å². The average molecular weight is 375 g/mol. The summed E-state index contributed by atoms with van der Waals surface area (Å²) in [5.74, 6) is -1.20. The van der Waals surface area contributed by atoms with Crippen molar-refractivity contribution in [2.24, 2.45) is 5.73 Å². The molecule has 1 saturated carbocycles. The zero-order chi connectivity index (χ0) is 18.9. The second kappa shape index (κ2) is 6.76. The fourth-order valence-electron chi connectivity index (χ4n) is 2.80. The number of nitro groups is 1. The molecule has 0 bridgehead atoms. The Bertz CT molecular complexity index is 891. The van der Waals surface area contributed by atoms with Gasteiger partial charge < -0.3 is 10.5 Å². The number of hydrogen-bond donors (Lipinski definition) is 1. The molecule has 1 aliphatic carbocycles. The molecule has 1 fully saturated rings. The van der Waals surface area contributed by atoms with Crippen molar-refractivity contribution in [3.05, 3.63) is 74.3 Å². The van der Waals surface area contributed by atoms with Gasteiger partial charge in [0.1, 0.15) is 6.61 Å². The van der Waals surface area contributed by atoms with E-state index in [-0.39, 0.29) is 23.4 Å². The second-order valence-corrected chi connectivity index (χ2v) is 6.57. The number of benzene rings is 2. The summed E-state index contributed by atoms with van der Waals surface area (Å²) >= 11 is 5.87. The van der Waals surface area contributed by atoms with Crippen molar-refractivity contribution in [3.63, 3.8) is 0 Å². The van der Waals surface area contributed by atoms with Gasteiger partial charge in [-0.1, -0.05) is 23.7 Å². The Morgan fingerprint density at radius 1 is 1.19 bits per heavy atom. The molecular weight excluding hydrogens is 360 g/mol. The lowest BCUT2D eigenvalue weighted by Crippen LogP contribution is -2.23. The third-order valence-electron chi connectivity index (χ3n) is 4.46. The number of nitro benzene ring substituents is 1. The molecule has 8 heteroatoms. The van der Waals surface area contributed by atoms with E-state index in [1.165, 1.54) is 12.1 Å². The molecule has 2 aromatic carbocycles. The molecule has 2 N–H and O–H groups in total. The van der Waals surface area contributed by atoms with Crippen molar-refractivity contribution in [1.29, 1.82) is 0 Å². The summed E-state index contributed by atoms with van der Waals surface area (Å²) < 4.78 is 5.34. The third-order valence-corrected chi connectivity index (χ3v) is 4.71. The molecule has 2 aromatic rings. The molecule has 26 heavy (non-hydrogen) atoms. The minimum Gasteiger partial charge on any atom is -0.460 e. The fourth-order valence-corrected chi connectivity index (χ4v) is 2.92. The summed E-state index contributed by atoms with van der Waals surface area (Å²) in [7, 11) is 0. The number of esters is 1. The molecule has 7 nitrogen and oxygen atoms in total. The Morgan fingerprint density at radius 2 is 1.85 bits per heavy atom. The summed E-state index contributed by atoms with van der Waals surface area (Å²) in [5.41, 5.74) is 5.13. The van der Waals surface area contributed by atoms with Gasteiger partial charge in [0.05, 0.1) is 15.9 Å². The number of amides is 1. The number of primary amides is 1. The van der Waals surface area contributed by atoms with Gasteiger partial charge in [-0.2, -0.15) is 0 Å². The first-order valence-corrected chi connectivity index (χ1v) is 8.22. The molecule has 3 rings (SSSR count). The summed E-state index contributed by atoms with van der Waals surface area (Å²) in [6.07, 6.45) is 1.30. The zero-order valence-corrected chi connectivity index (χ0v) is 14.4. The molecule has 0 spiro atoms. The van der Waals surface area contributed by atoms with E-state index in [0.717, 1.165) is 11.6 Å². The maximum Gasteiger partial charge on any atom is 0.316 e. The lowest BCUT2D eigenvalue weighted by molar-refractivity contribution is -0.385. The van der Waals surface area contributed by atoms with Gasteiger partial charge in [0, 0.05) is 16.7 Å². The number of nitrogens with two attached hydrogens (primary N) is 1. The minimum atomic E-state index is -0.767. The molecule has 0 atom stereocenters. The fraction of sp³-hybridized carbons (Fsp3) is 0.222. The van der Waals surface area contributed by atoms with Crippen molar-refractivity contribution >= 4 is 29.2 Å². The van der Waals surface area contributed by atoms with E-state index in [2.05, 4.69) is 0 Å². The van der Waals surface area contributed by atoms with Crippen molar-refractivity contribution in [1.82, 2.24) is 0 Å². The summed E-state index contributed by atoms with van der Waals surface area (Å²) in [5, 5.41) is 11.8. The van der Waals surface area contributed by atoms with Crippen LogP contribution in [-0.4, -0.2) is 16.8 Å². The summed E-state index contributed by atoms with van der Waals surface area (Å²) in [6.45, 7) is -0.260. The largest absolute Gasteiger partial charge is 0.460 e. The van der Waals surface area contributed by atoms with Crippen LogP contribution >= 0.6 is 11.6 Å². The Hall–Kier alpha value is -2.93. The van der Waals surface area contributed by atoms with Gasteiger partial charge in [0.25, 0.3) is 5.69 Å². The van der Waals surface area contributed by atoms with E-state index < -0.39 is 22.2 Å². The van der Waals surface area contributed by atoms with Crippen LogP contribution in [0, 0.1) is 10.1 Å².